The van der Waals surface area contributed by atoms with Crippen LogP contribution in [0.4, 0.5) is 0 Å². The molecule has 0 bridgehead atoms. The van der Waals surface area contributed by atoms with Gasteiger partial charge in [-0.1, -0.05) is 27.5 Å². The van der Waals surface area contributed by atoms with Crippen LogP contribution in [0.15, 0.2) is 22.7 Å². The SMILES string of the molecule is Cc1nc(Cl)cc(Oc2cc(C)c(Br)c(C)c2)n1. The summed E-state index contributed by atoms with van der Waals surface area (Å²) in [5, 5.41) is 0.378. The summed E-state index contributed by atoms with van der Waals surface area (Å²) in [6, 6.07) is 5.49. The molecule has 0 radical (unpaired) electrons. The van der Waals surface area contributed by atoms with Gasteiger partial charge in [-0.3, -0.25) is 0 Å². The number of aromatic nitrogens is 2. The van der Waals surface area contributed by atoms with Gasteiger partial charge in [0.25, 0.3) is 0 Å². The number of rotatable bonds is 2. The van der Waals surface area contributed by atoms with Gasteiger partial charge in [0.15, 0.2) is 0 Å². The molecule has 1 aromatic heterocycles. The Morgan fingerprint density at radius 3 is 2.22 bits per heavy atom. The van der Waals surface area contributed by atoms with Crippen LogP contribution < -0.4 is 4.74 Å². The van der Waals surface area contributed by atoms with Crippen LogP contribution in [0.3, 0.4) is 0 Å². The van der Waals surface area contributed by atoms with Gasteiger partial charge in [-0.25, -0.2) is 4.98 Å². The van der Waals surface area contributed by atoms with Gasteiger partial charge in [-0.2, -0.15) is 4.98 Å². The minimum atomic E-state index is 0.378. The highest BCUT2D eigenvalue weighted by atomic mass is 79.9. The zero-order valence-corrected chi connectivity index (χ0v) is 12.6. The van der Waals surface area contributed by atoms with Gasteiger partial charge < -0.3 is 4.74 Å². The summed E-state index contributed by atoms with van der Waals surface area (Å²) >= 11 is 9.39. The molecule has 1 heterocycles. The van der Waals surface area contributed by atoms with Crippen molar-refractivity contribution in [2.75, 3.05) is 0 Å². The second-order valence-electron chi connectivity index (χ2n) is 4.05. The van der Waals surface area contributed by atoms with E-state index in [0.717, 1.165) is 21.3 Å². The summed E-state index contributed by atoms with van der Waals surface area (Å²) in [5.41, 5.74) is 2.23. The molecule has 0 N–H and O–H groups in total. The number of hydrogen-bond acceptors (Lipinski definition) is 3. The molecule has 2 aromatic rings. The molecule has 1 aromatic carbocycles. The highest BCUT2D eigenvalue weighted by molar-refractivity contribution is 9.10. The molecule has 94 valence electrons. The Morgan fingerprint density at radius 1 is 1.06 bits per heavy atom. The Hall–Kier alpha value is -1.13. The van der Waals surface area contributed by atoms with Crippen LogP contribution in [0, 0.1) is 20.8 Å². The van der Waals surface area contributed by atoms with Crippen LogP contribution in [0.2, 0.25) is 5.15 Å². The van der Waals surface area contributed by atoms with Crippen LogP contribution in [-0.4, -0.2) is 9.97 Å². The van der Waals surface area contributed by atoms with Gasteiger partial charge in [0.1, 0.15) is 16.7 Å². The van der Waals surface area contributed by atoms with Crippen molar-refractivity contribution in [3.05, 3.63) is 44.8 Å². The molecule has 5 heteroatoms. The number of nitrogens with zero attached hydrogens (tertiary/aromatic N) is 2. The topological polar surface area (TPSA) is 35.0 Å². The molecule has 0 aliphatic heterocycles. The normalized spacial score (nSPS) is 10.5. The summed E-state index contributed by atoms with van der Waals surface area (Å²) in [4.78, 5) is 8.17. The lowest BCUT2D eigenvalue weighted by Gasteiger charge is -2.09. The van der Waals surface area contributed by atoms with Crippen molar-refractivity contribution >= 4 is 27.5 Å². The summed E-state index contributed by atoms with van der Waals surface area (Å²) in [6.45, 7) is 5.81. The van der Waals surface area contributed by atoms with E-state index >= 15 is 0 Å². The van der Waals surface area contributed by atoms with Crippen molar-refractivity contribution < 1.29 is 4.74 Å². The zero-order valence-electron chi connectivity index (χ0n) is 10.3. The fraction of sp³-hybridized carbons (Fsp3) is 0.231. The van der Waals surface area contributed by atoms with Crippen molar-refractivity contribution in [2.24, 2.45) is 0 Å². The maximum atomic E-state index is 5.87. The average molecular weight is 328 g/mol. The molecule has 0 amide bonds. The van der Waals surface area contributed by atoms with Gasteiger partial charge >= 0.3 is 0 Å². The molecule has 0 unspecified atom stereocenters. The lowest BCUT2D eigenvalue weighted by Crippen LogP contribution is -1.94. The van der Waals surface area contributed by atoms with Crippen molar-refractivity contribution in [2.45, 2.75) is 20.8 Å². The lowest BCUT2D eigenvalue weighted by molar-refractivity contribution is 0.459. The first-order valence-electron chi connectivity index (χ1n) is 5.41. The standard InChI is InChI=1S/C13H12BrClN2O/c1-7-4-10(5-8(2)13(7)14)18-12-6-11(15)16-9(3)17-12/h4-6H,1-3H3. The van der Waals surface area contributed by atoms with Crippen molar-refractivity contribution in [1.29, 1.82) is 0 Å². The van der Waals surface area contributed by atoms with Gasteiger partial charge in [-0.05, 0) is 44.0 Å². The van der Waals surface area contributed by atoms with Crippen molar-refractivity contribution in [3.8, 4) is 11.6 Å². The molecule has 0 atom stereocenters. The quantitative estimate of drug-likeness (QED) is 0.756. The summed E-state index contributed by atoms with van der Waals surface area (Å²) in [6.07, 6.45) is 0. The fourth-order valence-electron chi connectivity index (χ4n) is 1.64. The molecule has 3 nitrogen and oxygen atoms in total. The molecule has 0 fully saturated rings. The van der Waals surface area contributed by atoms with E-state index in [1.165, 1.54) is 0 Å². The first kappa shape index (κ1) is 13.3. The molecule has 0 aliphatic carbocycles. The van der Waals surface area contributed by atoms with Gasteiger partial charge in [0.2, 0.25) is 5.88 Å². The van der Waals surface area contributed by atoms with E-state index in [1.54, 1.807) is 13.0 Å². The molecule has 2 rings (SSSR count). The second kappa shape index (κ2) is 5.24. The van der Waals surface area contributed by atoms with Crippen LogP contribution in [0.25, 0.3) is 0 Å². The Bertz CT molecular complexity index is 558. The van der Waals surface area contributed by atoms with Gasteiger partial charge in [0, 0.05) is 10.5 Å². The van der Waals surface area contributed by atoms with Crippen molar-refractivity contribution in [3.63, 3.8) is 0 Å². The smallest absolute Gasteiger partial charge is 0.224 e. The van der Waals surface area contributed by atoms with E-state index in [-0.39, 0.29) is 0 Å². The maximum Gasteiger partial charge on any atom is 0.224 e. The fourth-order valence-corrected chi connectivity index (χ4v) is 2.09. The van der Waals surface area contributed by atoms with Gasteiger partial charge in [-0.15, -0.1) is 0 Å². The first-order chi connectivity index (χ1) is 8.45. The van der Waals surface area contributed by atoms with E-state index in [1.807, 2.05) is 26.0 Å². The first-order valence-corrected chi connectivity index (χ1v) is 6.58. The molecular weight excluding hydrogens is 316 g/mol. The van der Waals surface area contributed by atoms with E-state index in [0.29, 0.717) is 16.9 Å². The predicted octanol–water partition coefficient (Wildman–Crippen LogP) is 4.61. The minimum Gasteiger partial charge on any atom is -0.439 e. The largest absolute Gasteiger partial charge is 0.439 e. The van der Waals surface area contributed by atoms with E-state index in [4.69, 9.17) is 16.3 Å². The van der Waals surface area contributed by atoms with E-state index in [9.17, 15) is 0 Å². The lowest BCUT2D eigenvalue weighted by atomic mass is 10.1. The summed E-state index contributed by atoms with van der Waals surface area (Å²) in [5.74, 6) is 1.78. The number of ether oxygens (including phenoxy) is 1. The molecule has 0 spiro atoms. The number of aryl methyl sites for hydroxylation is 3. The van der Waals surface area contributed by atoms with Crippen LogP contribution in [0.1, 0.15) is 17.0 Å². The third-order valence-electron chi connectivity index (χ3n) is 2.42. The molecule has 18 heavy (non-hydrogen) atoms. The molecule has 0 aliphatic rings. The molecule has 0 saturated carbocycles. The second-order valence-corrected chi connectivity index (χ2v) is 5.23. The summed E-state index contributed by atoms with van der Waals surface area (Å²) in [7, 11) is 0. The predicted molar refractivity (Wildman–Crippen MR) is 75.5 cm³/mol. The van der Waals surface area contributed by atoms with E-state index < -0.39 is 0 Å². The summed E-state index contributed by atoms with van der Waals surface area (Å²) < 4.78 is 6.79. The molecule has 0 saturated heterocycles. The Kier molecular flexibility index (Phi) is 3.88. The molecular formula is C13H12BrClN2O. The van der Waals surface area contributed by atoms with E-state index in [2.05, 4.69) is 25.9 Å². The van der Waals surface area contributed by atoms with Crippen LogP contribution in [0.5, 0.6) is 11.6 Å². The van der Waals surface area contributed by atoms with Gasteiger partial charge in [0.05, 0.1) is 0 Å². The highest BCUT2D eigenvalue weighted by Crippen LogP contribution is 2.29. The Balaban J connectivity index is 2.34. The number of halogens is 2. The minimum absolute atomic E-state index is 0.378. The maximum absolute atomic E-state index is 5.87. The Labute approximate surface area is 119 Å². The highest BCUT2D eigenvalue weighted by Gasteiger charge is 2.06. The van der Waals surface area contributed by atoms with Crippen LogP contribution in [-0.2, 0) is 0 Å². The van der Waals surface area contributed by atoms with Crippen LogP contribution >= 0.6 is 27.5 Å². The Morgan fingerprint density at radius 2 is 1.67 bits per heavy atom. The average Bonchev–Trinajstić information content (AvgIpc) is 2.24. The zero-order chi connectivity index (χ0) is 13.3. The van der Waals surface area contributed by atoms with Crippen molar-refractivity contribution in [1.82, 2.24) is 9.97 Å². The number of benzene rings is 1. The number of hydrogen-bond donors (Lipinski definition) is 0. The monoisotopic (exact) mass is 326 g/mol. The third-order valence-corrected chi connectivity index (χ3v) is 3.86. The third kappa shape index (κ3) is 3.00.